The molecule has 1 heterocycles. The molecule has 2 rings (SSSR count). The topological polar surface area (TPSA) is 38.0 Å². The van der Waals surface area contributed by atoms with Gasteiger partial charge in [-0.05, 0) is 50.6 Å². The van der Waals surface area contributed by atoms with E-state index in [-0.39, 0.29) is 11.9 Å². The van der Waals surface area contributed by atoms with Crippen LogP contribution in [0.1, 0.15) is 28.3 Å². The van der Waals surface area contributed by atoms with Crippen molar-refractivity contribution in [2.45, 2.75) is 26.8 Å². The first-order chi connectivity index (χ1) is 8.47. The first-order valence-electron chi connectivity index (χ1n) is 5.86. The summed E-state index contributed by atoms with van der Waals surface area (Å²) >= 11 is 1.78. The van der Waals surface area contributed by atoms with Crippen LogP contribution in [-0.2, 0) is 0 Å². The van der Waals surface area contributed by atoms with E-state index in [0.717, 1.165) is 5.69 Å². The van der Waals surface area contributed by atoms with Gasteiger partial charge in [0.25, 0.3) is 0 Å². The molecule has 0 aliphatic heterocycles. The average molecular weight is 264 g/mol. The second kappa shape index (κ2) is 4.98. The third-order valence-corrected chi connectivity index (χ3v) is 3.91. The molecule has 1 atom stereocenters. The van der Waals surface area contributed by atoms with Crippen LogP contribution < -0.4 is 11.1 Å². The zero-order chi connectivity index (χ0) is 13.3. The molecule has 18 heavy (non-hydrogen) atoms. The number of nitrogens with two attached hydrogens (primary N) is 1. The number of benzene rings is 1. The Bertz CT molecular complexity index is 563. The molecule has 0 aliphatic carbocycles. The molecular formula is C14H17FN2S. The van der Waals surface area contributed by atoms with Gasteiger partial charge in [0.05, 0.1) is 11.4 Å². The quantitative estimate of drug-likeness (QED) is 0.813. The molecule has 1 aromatic heterocycles. The number of hydrogen-bond acceptors (Lipinski definition) is 3. The van der Waals surface area contributed by atoms with Crippen LogP contribution in [0.25, 0.3) is 0 Å². The van der Waals surface area contributed by atoms with Gasteiger partial charge in [-0.3, -0.25) is 0 Å². The Morgan fingerprint density at radius 2 is 2.00 bits per heavy atom. The van der Waals surface area contributed by atoms with Gasteiger partial charge >= 0.3 is 0 Å². The summed E-state index contributed by atoms with van der Waals surface area (Å²) in [6, 6.07) is 6.76. The zero-order valence-electron chi connectivity index (χ0n) is 10.8. The molecule has 3 N–H and O–H groups in total. The van der Waals surface area contributed by atoms with E-state index < -0.39 is 0 Å². The molecule has 0 radical (unpaired) electrons. The van der Waals surface area contributed by atoms with E-state index in [1.54, 1.807) is 17.4 Å². The average Bonchev–Trinajstić information content (AvgIpc) is 2.62. The highest BCUT2D eigenvalue weighted by molar-refractivity contribution is 7.12. The fourth-order valence-electron chi connectivity index (χ4n) is 2.06. The Morgan fingerprint density at radius 1 is 1.28 bits per heavy atom. The van der Waals surface area contributed by atoms with Crippen molar-refractivity contribution in [1.82, 2.24) is 0 Å². The molecule has 2 aromatic rings. The fraction of sp³-hybridized carbons (Fsp3) is 0.286. The number of rotatable bonds is 3. The molecule has 1 unspecified atom stereocenters. The summed E-state index contributed by atoms with van der Waals surface area (Å²) in [5.74, 6) is -0.312. The fourth-order valence-corrected chi connectivity index (χ4v) is 3.08. The Kier molecular flexibility index (Phi) is 3.57. The molecule has 0 amide bonds. The van der Waals surface area contributed by atoms with Crippen LogP contribution >= 0.6 is 11.3 Å². The Labute approximate surface area is 111 Å². The van der Waals surface area contributed by atoms with Crippen LogP contribution in [0.3, 0.4) is 0 Å². The summed E-state index contributed by atoms with van der Waals surface area (Å²) in [7, 11) is 0. The van der Waals surface area contributed by atoms with Gasteiger partial charge in [0.2, 0.25) is 0 Å². The molecule has 4 heteroatoms. The lowest BCUT2D eigenvalue weighted by Crippen LogP contribution is -2.08. The lowest BCUT2D eigenvalue weighted by Gasteiger charge is -2.17. The van der Waals surface area contributed by atoms with Crippen LogP contribution in [0.15, 0.2) is 24.3 Å². The molecule has 0 saturated heterocycles. The van der Waals surface area contributed by atoms with E-state index in [4.69, 9.17) is 5.73 Å². The number of anilines is 2. The highest BCUT2D eigenvalue weighted by Gasteiger charge is 2.12. The Hall–Kier alpha value is -1.55. The maximum Gasteiger partial charge on any atom is 0.125 e. The summed E-state index contributed by atoms with van der Waals surface area (Å²) in [5.41, 5.74) is 8.26. The number of nitrogens with one attached hydrogen (secondary N) is 1. The maximum absolute atomic E-state index is 13.0. The first kappa shape index (κ1) is 12.9. The molecule has 1 aromatic carbocycles. The maximum atomic E-state index is 13.0. The largest absolute Gasteiger partial charge is 0.397 e. The molecular weight excluding hydrogens is 247 g/mol. The van der Waals surface area contributed by atoms with Crippen molar-refractivity contribution in [1.29, 1.82) is 0 Å². The summed E-state index contributed by atoms with van der Waals surface area (Å²) in [5, 5.41) is 3.32. The second-order valence-electron chi connectivity index (χ2n) is 4.47. The number of aryl methyl sites for hydroxylation is 2. The SMILES string of the molecule is Cc1cc(C(C)Nc2ccc(F)cc2N)c(C)s1. The van der Waals surface area contributed by atoms with Crippen LogP contribution in [0.2, 0.25) is 0 Å². The molecule has 0 spiro atoms. The highest BCUT2D eigenvalue weighted by Crippen LogP contribution is 2.30. The minimum absolute atomic E-state index is 0.155. The predicted molar refractivity (Wildman–Crippen MR) is 76.6 cm³/mol. The van der Waals surface area contributed by atoms with E-state index in [0.29, 0.717) is 5.69 Å². The van der Waals surface area contributed by atoms with Crippen LogP contribution in [0, 0.1) is 19.7 Å². The van der Waals surface area contributed by atoms with E-state index in [9.17, 15) is 4.39 Å². The van der Waals surface area contributed by atoms with Gasteiger partial charge in [-0.2, -0.15) is 0 Å². The molecule has 0 bridgehead atoms. The lowest BCUT2D eigenvalue weighted by atomic mass is 10.1. The van der Waals surface area contributed by atoms with Gasteiger partial charge in [-0.1, -0.05) is 0 Å². The molecule has 96 valence electrons. The molecule has 0 saturated carbocycles. The van der Waals surface area contributed by atoms with Gasteiger partial charge < -0.3 is 11.1 Å². The minimum atomic E-state index is -0.312. The van der Waals surface area contributed by atoms with Crippen molar-refractivity contribution in [3.8, 4) is 0 Å². The van der Waals surface area contributed by atoms with Gasteiger partial charge in [0.1, 0.15) is 5.82 Å². The second-order valence-corrected chi connectivity index (χ2v) is 5.93. The third-order valence-electron chi connectivity index (χ3n) is 2.93. The third kappa shape index (κ3) is 2.64. The normalized spacial score (nSPS) is 12.4. The Balaban J connectivity index is 2.21. The van der Waals surface area contributed by atoms with Crippen LogP contribution in [-0.4, -0.2) is 0 Å². The van der Waals surface area contributed by atoms with Gasteiger partial charge in [-0.25, -0.2) is 4.39 Å². The number of halogens is 1. The number of hydrogen-bond donors (Lipinski definition) is 2. The minimum Gasteiger partial charge on any atom is -0.397 e. The van der Waals surface area contributed by atoms with E-state index >= 15 is 0 Å². The lowest BCUT2D eigenvalue weighted by molar-refractivity contribution is 0.628. The van der Waals surface area contributed by atoms with Crippen molar-refractivity contribution in [2.75, 3.05) is 11.1 Å². The van der Waals surface area contributed by atoms with Crippen molar-refractivity contribution in [2.24, 2.45) is 0 Å². The summed E-state index contributed by atoms with van der Waals surface area (Å²) < 4.78 is 13.0. The summed E-state index contributed by atoms with van der Waals surface area (Å²) in [6.45, 7) is 6.29. The van der Waals surface area contributed by atoms with E-state index in [1.807, 2.05) is 0 Å². The van der Waals surface area contributed by atoms with Crippen molar-refractivity contribution in [3.63, 3.8) is 0 Å². The van der Waals surface area contributed by atoms with Crippen LogP contribution in [0.4, 0.5) is 15.8 Å². The monoisotopic (exact) mass is 264 g/mol. The van der Waals surface area contributed by atoms with Crippen molar-refractivity contribution in [3.05, 3.63) is 45.4 Å². The highest BCUT2D eigenvalue weighted by atomic mass is 32.1. The van der Waals surface area contributed by atoms with Gasteiger partial charge in [0, 0.05) is 15.8 Å². The number of nitrogen functional groups attached to an aromatic ring is 1. The smallest absolute Gasteiger partial charge is 0.125 e. The summed E-state index contributed by atoms with van der Waals surface area (Å²) in [4.78, 5) is 2.59. The zero-order valence-corrected chi connectivity index (χ0v) is 11.6. The molecule has 2 nitrogen and oxygen atoms in total. The standard InChI is InChI=1S/C14H17FN2S/c1-8-6-12(10(3)18-8)9(2)17-14-5-4-11(15)7-13(14)16/h4-7,9,17H,16H2,1-3H3. The van der Waals surface area contributed by atoms with Gasteiger partial charge in [0.15, 0.2) is 0 Å². The van der Waals surface area contributed by atoms with Crippen molar-refractivity contribution < 1.29 is 4.39 Å². The number of thiophene rings is 1. The van der Waals surface area contributed by atoms with E-state index in [2.05, 4.69) is 32.2 Å². The Morgan fingerprint density at radius 3 is 2.56 bits per heavy atom. The molecule has 0 aliphatic rings. The molecule has 0 fully saturated rings. The van der Waals surface area contributed by atoms with Gasteiger partial charge in [-0.15, -0.1) is 11.3 Å². The van der Waals surface area contributed by atoms with E-state index in [1.165, 1.54) is 27.5 Å². The van der Waals surface area contributed by atoms with Crippen molar-refractivity contribution >= 4 is 22.7 Å². The summed E-state index contributed by atoms with van der Waals surface area (Å²) in [6.07, 6.45) is 0. The van der Waals surface area contributed by atoms with Crippen LogP contribution in [0.5, 0.6) is 0 Å². The first-order valence-corrected chi connectivity index (χ1v) is 6.67. The predicted octanol–water partition coefficient (Wildman–Crippen LogP) is 4.26.